The Morgan fingerprint density at radius 3 is 1.79 bits per heavy atom. The van der Waals surface area contributed by atoms with Gasteiger partial charge in [0, 0.05) is 32.8 Å². The van der Waals surface area contributed by atoms with Crippen molar-refractivity contribution in [2.45, 2.75) is 0 Å². The van der Waals surface area contributed by atoms with Gasteiger partial charge in [-0.25, -0.2) is 24.9 Å². The molecule has 0 atom stereocenters. The van der Waals surface area contributed by atoms with Crippen LogP contribution in [0.25, 0.3) is 111 Å². The van der Waals surface area contributed by atoms with E-state index in [4.69, 9.17) is 24.9 Å². The second kappa shape index (κ2) is 11.9. The molecule has 0 aliphatic heterocycles. The third-order valence-corrected chi connectivity index (χ3v) is 10.9. The van der Waals surface area contributed by atoms with Gasteiger partial charge in [0.15, 0.2) is 17.5 Å². The minimum atomic E-state index is 0.608. The predicted octanol–water partition coefficient (Wildman–Crippen LogP) is 11.6. The van der Waals surface area contributed by atoms with Crippen LogP contribution in [-0.2, 0) is 0 Å². The van der Waals surface area contributed by atoms with Crippen LogP contribution in [0.3, 0.4) is 0 Å². The second-order valence-corrected chi connectivity index (χ2v) is 14.1. The molecule has 12 aromatic rings. The lowest BCUT2D eigenvalue weighted by Crippen LogP contribution is -2.06. The summed E-state index contributed by atoms with van der Waals surface area (Å²) in [6.07, 6.45) is 0. The van der Waals surface area contributed by atoms with E-state index in [-0.39, 0.29) is 0 Å². The van der Waals surface area contributed by atoms with E-state index < -0.39 is 0 Å². The Bertz CT molecular complexity index is 3550. The van der Waals surface area contributed by atoms with Crippen LogP contribution >= 0.6 is 0 Å². The van der Waals surface area contributed by atoms with E-state index in [1.54, 1.807) is 0 Å². The summed E-state index contributed by atoms with van der Waals surface area (Å²) in [5, 5.41) is 7.80. The zero-order valence-electron chi connectivity index (χ0n) is 29.9. The van der Waals surface area contributed by atoms with Gasteiger partial charge in [-0.2, -0.15) is 0 Å². The fraction of sp³-hybridized carbons (Fsp3) is 0. The molecule has 0 aliphatic rings. The van der Waals surface area contributed by atoms with Crippen LogP contribution in [0.4, 0.5) is 0 Å². The number of rotatable bonds is 4. The van der Waals surface area contributed by atoms with E-state index in [1.807, 2.05) is 36.4 Å². The van der Waals surface area contributed by atoms with Crippen LogP contribution in [0.2, 0.25) is 0 Å². The molecule has 8 aromatic carbocycles. The summed E-state index contributed by atoms with van der Waals surface area (Å²) in [7, 11) is 0. The predicted molar refractivity (Wildman–Crippen MR) is 227 cm³/mol. The van der Waals surface area contributed by atoms with Gasteiger partial charge < -0.3 is 0 Å². The van der Waals surface area contributed by atoms with Crippen molar-refractivity contribution in [1.29, 1.82) is 0 Å². The van der Waals surface area contributed by atoms with Crippen molar-refractivity contribution < 1.29 is 0 Å². The number of imidazole rings is 1. The first-order valence-corrected chi connectivity index (χ1v) is 18.7. The Balaban J connectivity index is 1.12. The normalized spacial score (nSPS) is 11.9. The van der Waals surface area contributed by atoms with Crippen molar-refractivity contribution in [1.82, 2.24) is 33.9 Å². The van der Waals surface area contributed by atoms with Crippen LogP contribution in [0.5, 0.6) is 0 Å². The molecule has 7 nitrogen and oxygen atoms in total. The second-order valence-electron chi connectivity index (χ2n) is 14.1. The van der Waals surface area contributed by atoms with Gasteiger partial charge >= 0.3 is 0 Å². The molecular formula is C49H29N7. The van der Waals surface area contributed by atoms with E-state index >= 15 is 0 Å². The lowest BCUT2D eigenvalue weighted by Gasteiger charge is -2.13. The van der Waals surface area contributed by atoms with Gasteiger partial charge in [0.2, 0.25) is 5.95 Å². The maximum absolute atomic E-state index is 5.34. The van der Waals surface area contributed by atoms with Crippen LogP contribution in [0, 0.1) is 0 Å². The minimum Gasteiger partial charge on any atom is -0.279 e. The molecule has 0 fully saturated rings. The van der Waals surface area contributed by atoms with Gasteiger partial charge in [-0.15, -0.1) is 0 Å². The third-order valence-electron chi connectivity index (χ3n) is 10.9. The summed E-state index contributed by atoms with van der Waals surface area (Å²) in [6, 6.07) is 60.9. The fourth-order valence-electron chi connectivity index (χ4n) is 8.39. The molecular weight excluding hydrogens is 687 g/mol. The molecule has 0 unspecified atom stereocenters. The Labute approximate surface area is 319 Å². The van der Waals surface area contributed by atoms with Crippen molar-refractivity contribution in [3.8, 4) is 40.1 Å². The molecule has 4 aromatic heterocycles. The van der Waals surface area contributed by atoms with Crippen molar-refractivity contribution >= 4 is 70.9 Å². The molecule has 4 heterocycles. The molecule has 0 amide bonds. The molecule has 0 saturated carbocycles. The highest BCUT2D eigenvalue weighted by molar-refractivity contribution is 6.14. The highest BCUT2D eigenvalue weighted by Crippen LogP contribution is 2.38. The van der Waals surface area contributed by atoms with Crippen molar-refractivity contribution in [3.63, 3.8) is 0 Å². The lowest BCUT2D eigenvalue weighted by molar-refractivity contribution is 0.979. The molecule has 0 bridgehead atoms. The highest BCUT2D eigenvalue weighted by atomic mass is 15.2. The number of hydrogen-bond donors (Lipinski definition) is 0. The van der Waals surface area contributed by atoms with Gasteiger partial charge in [0.1, 0.15) is 5.65 Å². The molecule has 0 spiro atoms. The van der Waals surface area contributed by atoms with Crippen molar-refractivity contribution in [2.75, 3.05) is 0 Å². The molecule has 7 heteroatoms. The molecule has 260 valence electrons. The first-order chi connectivity index (χ1) is 27.8. The molecule has 0 radical (unpaired) electrons. The smallest absolute Gasteiger partial charge is 0.221 e. The summed E-state index contributed by atoms with van der Waals surface area (Å²) in [4.78, 5) is 26.0. The van der Waals surface area contributed by atoms with Gasteiger partial charge in [-0.1, -0.05) is 121 Å². The fourth-order valence-corrected chi connectivity index (χ4v) is 8.39. The average molecular weight is 716 g/mol. The largest absolute Gasteiger partial charge is 0.279 e. The first-order valence-electron chi connectivity index (χ1n) is 18.7. The Morgan fingerprint density at radius 1 is 0.339 bits per heavy atom. The third kappa shape index (κ3) is 4.55. The van der Waals surface area contributed by atoms with Gasteiger partial charge in [-0.3, -0.25) is 8.97 Å². The zero-order chi connectivity index (χ0) is 36.7. The molecule has 56 heavy (non-hydrogen) atoms. The number of nitrogens with zero attached hydrogens (tertiary/aromatic N) is 7. The standard InChI is InChI=1S/C49H29N7/c1-2-14-30(15-3-1)45-52-46(54-47(53-45)39-28-31-16-4-5-17-33(31)34-18-6-7-19-35(34)39)32-26-27-43-38(29-32)36-20-9-12-24-42(36)55(43)49-51-40-22-10-8-21-37(40)48-50-41-23-11-13-25-44(41)56(48)49/h1-29H. The topological polar surface area (TPSA) is 73.8 Å². The highest BCUT2D eigenvalue weighted by Gasteiger charge is 2.21. The van der Waals surface area contributed by atoms with Gasteiger partial charge in [-0.05, 0) is 76.1 Å². The maximum Gasteiger partial charge on any atom is 0.221 e. The Morgan fingerprint density at radius 2 is 0.946 bits per heavy atom. The molecule has 0 N–H and O–H groups in total. The van der Waals surface area contributed by atoms with Crippen LogP contribution in [-0.4, -0.2) is 33.9 Å². The van der Waals surface area contributed by atoms with E-state index in [0.29, 0.717) is 17.5 Å². The lowest BCUT2D eigenvalue weighted by atomic mass is 9.97. The summed E-state index contributed by atoms with van der Waals surface area (Å²) in [6.45, 7) is 0. The summed E-state index contributed by atoms with van der Waals surface area (Å²) >= 11 is 0. The molecule has 12 rings (SSSR count). The number of aromatic nitrogens is 7. The number of hydrogen-bond acceptors (Lipinski definition) is 5. The minimum absolute atomic E-state index is 0.608. The molecule has 0 aliphatic carbocycles. The van der Waals surface area contributed by atoms with Crippen molar-refractivity contribution in [3.05, 3.63) is 176 Å². The van der Waals surface area contributed by atoms with Gasteiger partial charge in [0.25, 0.3) is 0 Å². The molecule has 0 saturated heterocycles. The summed E-state index contributed by atoms with van der Waals surface area (Å²) < 4.78 is 4.45. The first kappa shape index (κ1) is 30.7. The summed E-state index contributed by atoms with van der Waals surface area (Å²) in [5.74, 6) is 2.65. The van der Waals surface area contributed by atoms with Crippen LogP contribution < -0.4 is 0 Å². The van der Waals surface area contributed by atoms with Gasteiger partial charge in [0.05, 0.1) is 27.6 Å². The Kier molecular flexibility index (Phi) is 6.50. The SMILES string of the molecule is c1ccc(-c2nc(-c3ccc4c(c3)c3ccccc3n4-c3nc4ccccc4c4nc5ccccc5n34)nc(-c3cc4ccccc4c4ccccc34)n2)cc1. The van der Waals surface area contributed by atoms with Crippen LogP contribution in [0.15, 0.2) is 176 Å². The Hall–Kier alpha value is -7.77. The van der Waals surface area contributed by atoms with E-state index in [9.17, 15) is 0 Å². The number of fused-ring (bicyclic) bond motifs is 11. The van der Waals surface area contributed by atoms with E-state index in [1.165, 1.54) is 10.8 Å². The van der Waals surface area contributed by atoms with Crippen molar-refractivity contribution in [2.24, 2.45) is 0 Å². The van der Waals surface area contributed by atoms with Crippen LogP contribution in [0.1, 0.15) is 0 Å². The monoisotopic (exact) mass is 715 g/mol. The van der Waals surface area contributed by atoms with E-state index in [0.717, 1.165) is 82.8 Å². The zero-order valence-corrected chi connectivity index (χ0v) is 29.9. The summed E-state index contributed by atoms with van der Waals surface area (Å²) in [5.41, 5.74) is 8.56. The quantitative estimate of drug-likeness (QED) is 0.170. The number of para-hydroxylation sites is 4. The maximum atomic E-state index is 5.34. The number of benzene rings is 8. The van der Waals surface area contributed by atoms with E-state index in [2.05, 4.69) is 148 Å². The average Bonchev–Trinajstić information content (AvgIpc) is 3.82.